The lowest BCUT2D eigenvalue weighted by Gasteiger charge is -2.10. The average Bonchev–Trinajstić information content (AvgIpc) is 2.82. The van der Waals surface area contributed by atoms with Crippen LogP contribution in [-0.2, 0) is 6.54 Å². The van der Waals surface area contributed by atoms with Crippen molar-refractivity contribution in [1.82, 2.24) is 15.1 Å². The Morgan fingerprint density at radius 3 is 2.77 bits per heavy atom. The summed E-state index contributed by atoms with van der Waals surface area (Å²) in [5.74, 6) is 0.526. The van der Waals surface area contributed by atoms with E-state index in [4.69, 9.17) is 4.74 Å². The average molecular weight is 301 g/mol. The van der Waals surface area contributed by atoms with E-state index in [9.17, 15) is 4.79 Å². The fraction of sp³-hybridized carbons (Fsp3) is 0.412. The minimum Gasteiger partial charge on any atom is -0.493 e. The Kier molecular flexibility index (Phi) is 5.58. The fourth-order valence-electron chi connectivity index (χ4n) is 2.36. The predicted octanol–water partition coefficient (Wildman–Crippen LogP) is 2.72. The van der Waals surface area contributed by atoms with Crippen molar-refractivity contribution >= 4 is 5.91 Å². The Morgan fingerprint density at radius 2 is 2.09 bits per heavy atom. The van der Waals surface area contributed by atoms with Crippen LogP contribution in [0.2, 0.25) is 0 Å². The summed E-state index contributed by atoms with van der Waals surface area (Å²) in [6.07, 6.45) is 0.838. The first kappa shape index (κ1) is 16.1. The van der Waals surface area contributed by atoms with Crippen molar-refractivity contribution in [1.29, 1.82) is 0 Å². The Balaban J connectivity index is 1.84. The molecule has 22 heavy (non-hydrogen) atoms. The number of carbonyl (C=O) groups is 1. The van der Waals surface area contributed by atoms with Gasteiger partial charge in [0.2, 0.25) is 0 Å². The molecule has 0 saturated heterocycles. The van der Waals surface area contributed by atoms with Gasteiger partial charge in [0.15, 0.2) is 0 Å². The second-order valence-electron chi connectivity index (χ2n) is 5.19. The molecule has 1 N–H and O–H groups in total. The molecule has 0 atom stereocenters. The van der Waals surface area contributed by atoms with Gasteiger partial charge in [-0.1, -0.05) is 12.1 Å². The van der Waals surface area contributed by atoms with Gasteiger partial charge in [0, 0.05) is 18.8 Å². The van der Waals surface area contributed by atoms with Crippen molar-refractivity contribution in [2.75, 3.05) is 13.2 Å². The Hall–Kier alpha value is -2.30. The highest BCUT2D eigenvalue weighted by molar-refractivity contribution is 5.96. The van der Waals surface area contributed by atoms with Gasteiger partial charge >= 0.3 is 0 Å². The van der Waals surface area contributed by atoms with Crippen LogP contribution in [0.1, 0.15) is 35.1 Å². The van der Waals surface area contributed by atoms with E-state index in [1.54, 1.807) is 6.07 Å². The molecule has 0 aliphatic carbocycles. The van der Waals surface area contributed by atoms with Crippen LogP contribution in [-0.4, -0.2) is 28.8 Å². The summed E-state index contributed by atoms with van der Waals surface area (Å²) in [6, 6.07) is 9.35. The molecule has 0 aliphatic rings. The minimum absolute atomic E-state index is 0.0996. The summed E-state index contributed by atoms with van der Waals surface area (Å²) in [4.78, 5) is 12.2. The van der Waals surface area contributed by atoms with E-state index < -0.39 is 0 Å². The van der Waals surface area contributed by atoms with Crippen LogP contribution in [0.15, 0.2) is 30.3 Å². The molecule has 0 unspecified atom stereocenters. The van der Waals surface area contributed by atoms with Gasteiger partial charge in [0.05, 0.1) is 17.9 Å². The van der Waals surface area contributed by atoms with Gasteiger partial charge in [0.25, 0.3) is 5.91 Å². The normalized spacial score (nSPS) is 10.5. The Labute approximate surface area is 131 Å². The van der Waals surface area contributed by atoms with E-state index in [1.807, 2.05) is 43.7 Å². The standard InChI is InChI=1S/C17H23N3O2/c1-4-22-16-9-6-5-8-15(16)17(21)18-10-7-11-20-14(3)12-13(2)19-20/h5-6,8-9,12H,4,7,10-11H2,1-3H3,(H,18,21). The van der Waals surface area contributed by atoms with Gasteiger partial charge < -0.3 is 10.1 Å². The number of carbonyl (C=O) groups excluding carboxylic acids is 1. The molecule has 0 aliphatic heterocycles. The van der Waals surface area contributed by atoms with Gasteiger partial charge in [-0.2, -0.15) is 5.10 Å². The number of amides is 1. The number of ether oxygens (including phenoxy) is 1. The van der Waals surface area contributed by atoms with Crippen LogP contribution in [0, 0.1) is 13.8 Å². The SMILES string of the molecule is CCOc1ccccc1C(=O)NCCCn1nc(C)cc1C. The highest BCUT2D eigenvalue weighted by Gasteiger charge is 2.11. The van der Waals surface area contributed by atoms with E-state index in [0.717, 1.165) is 24.4 Å². The highest BCUT2D eigenvalue weighted by Crippen LogP contribution is 2.17. The maximum atomic E-state index is 12.2. The lowest BCUT2D eigenvalue weighted by atomic mass is 10.2. The monoisotopic (exact) mass is 301 g/mol. The van der Waals surface area contributed by atoms with Crippen LogP contribution in [0.3, 0.4) is 0 Å². The zero-order valence-corrected chi connectivity index (χ0v) is 13.4. The van der Waals surface area contributed by atoms with E-state index in [0.29, 0.717) is 24.5 Å². The Bertz CT molecular complexity index is 635. The topological polar surface area (TPSA) is 56.1 Å². The first-order valence-corrected chi connectivity index (χ1v) is 7.63. The molecule has 0 bridgehead atoms. The van der Waals surface area contributed by atoms with E-state index in [1.165, 1.54) is 0 Å². The number of aromatic nitrogens is 2. The number of rotatable bonds is 7. The maximum Gasteiger partial charge on any atom is 0.255 e. The van der Waals surface area contributed by atoms with Crippen molar-refractivity contribution in [3.63, 3.8) is 0 Å². The molecule has 0 spiro atoms. The molecule has 1 aromatic carbocycles. The molecule has 0 saturated carbocycles. The lowest BCUT2D eigenvalue weighted by molar-refractivity contribution is 0.0949. The molecule has 1 heterocycles. The highest BCUT2D eigenvalue weighted by atomic mass is 16.5. The van der Waals surface area contributed by atoms with E-state index in [2.05, 4.69) is 16.5 Å². The zero-order chi connectivity index (χ0) is 15.9. The van der Waals surface area contributed by atoms with Crippen LogP contribution in [0.5, 0.6) is 5.75 Å². The molecule has 0 fully saturated rings. The van der Waals surface area contributed by atoms with Crippen LogP contribution in [0.4, 0.5) is 0 Å². The molecular weight excluding hydrogens is 278 g/mol. The molecular formula is C17H23N3O2. The van der Waals surface area contributed by atoms with Crippen molar-refractivity contribution in [2.24, 2.45) is 0 Å². The number of hydrogen-bond acceptors (Lipinski definition) is 3. The van der Waals surface area contributed by atoms with Crippen molar-refractivity contribution in [2.45, 2.75) is 33.7 Å². The summed E-state index contributed by atoms with van der Waals surface area (Å²) in [5.41, 5.74) is 2.74. The molecule has 0 radical (unpaired) electrons. The molecule has 5 heteroatoms. The van der Waals surface area contributed by atoms with Gasteiger partial charge in [-0.25, -0.2) is 0 Å². The lowest BCUT2D eigenvalue weighted by Crippen LogP contribution is -2.26. The van der Waals surface area contributed by atoms with Gasteiger partial charge in [-0.05, 0) is 45.4 Å². The van der Waals surface area contributed by atoms with E-state index >= 15 is 0 Å². The smallest absolute Gasteiger partial charge is 0.255 e. The predicted molar refractivity (Wildman–Crippen MR) is 86.3 cm³/mol. The number of benzene rings is 1. The molecule has 1 amide bonds. The van der Waals surface area contributed by atoms with Crippen molar-refractivity contribution in [3.05, 3.63) is 47.3 Å². The molecule has 1 aromatic heterocycles. The van der Waals surface area contributed by atoms with Crippen LogP contribution >= 0.6 is 0 Å². The summed E-state index contributed by atoms with van der Waals surface area (Å²) in [7, 11) is 0. The number of nitrogens with one attached hydrogen (secondary N) is 1. The summed E-state index contributed by atoms with van der Waals surface area (Å²) < 4.78 is 7.45. The van der Waals surface area contributed by atoms with Crippen LogP contribution in [0.25, 0.3) is 0 Å². The molecule has 5 nitrogen and oxygen atoms in total. The second-order valence-corrected chi connectivity index (χ2v) is 5.19. The third kappa shape index (κ3) is 4.10. The second kappa shape index (κ2) is 7.64. The van der Waals surface area contributed by atoms with Gasteiger partial charge in [0.1, 0.15) is 5.75 Å². The van der Waals surface area contributed by atoms with E-state index in [-0.39, 0.29) is 5.91 Å². The third-order valence-electron chi connectivity index (χ3n) is 3.37. The first-order valence-electron chi connectivity index (χ1n) is 7.63. The largest absolute Gasteiger partial charge is 0.493 e. The number of aryl methyl sites for hydroxylation is 3. The van der Waals surface area contributed by atoms with Gasteiger partial charge in [-0.15, -0.1) is 0 Å². The first-order chi connectivity index (χ1) is 10.6. The number of hydrogen-bond donors (Lipinski definition) is 1. The van der Waals surface area contributed by atoms with Crippen molar-refractivity contribution < 1.29 is 9.53 Å². The number of para-hydroxylation sites is 1. The fourth-order valence-corrected chi connectivity index (χ4v) is 2.36. The zero-order valence-electron chi connectivity index (χ0n) is 13.4. The maximum absolute atomic E-state index is 12.2. The summed E-state index contributed by atoms with van der Waals surface area (Å²) in [6.45, 7) is 7.88. The van der Waals surface area contributed by atoms with Gasteiger partial charge in [-0.3, -0.25) is 9.48 Å². The van der Waals surface area contributed by atoms with Crippen molar-refractivity contribution in [3.8, 4) is 5.75 Å². The van der Waals surface area contributed by atoms with Crippen LogP contribution < -0.4 is 10.1 Å². The minimum atomic E-state index is -0.0996. The number of nitrogens with zero attached hydrogens (tertiary/aromatic N) is 2. The molecule has 2 rings (SSSR count). The Morgan fingerprint density at radius 1 is 1.32 bits per heavy atom. The summed E-state index contributed by atoms with van der Waals surface area (Å²) in [5, 5.41) is 7.34. The third-order valence-corrected chi connectivity index (χ3v) is 3.37. The quantitative estimate of drug-likeness (QED) is 0.800. The summed E-state index contributed by atoms with van der Waals surface area (Å²) >= 11 is 0. The molecule has 118 valence electrons. The molecule has 2 aromatic rings.